The first kappa shape index (κ1) is 6.66. The van der Waals surface area contributed by atoms with Gasteiger partial charge >= 0.3 is 0 Å². The van der Waals surface area contributed by atoms with Crippen LogP contribution in [0.3, 0.4) is 0 Å². The molecule has 0 aromatic carbocycles. The van der Waals surface area contributed by atoms with Gasteiger partial charge in [-0.2, -0.15) is 0 Å². The fourth-order valence-corrected chi connectivity index (χ4v) is 0.948. The lowest BCUT2D eigenvalue weighted by Gasteiger charge is -1.87. The Hall–Kier alpha value is -0.460. The van der Waals surface area contributed by atoms with Crippen molar-refractivity contribution in [2.24, 2.45) is 0 Å². The van der Waals surface area contributed by atoms with Crippen LogP contribution in [-0.2, 0) is 4.57 Å². The van der Waals surface area contributed by atoms with Gasteiger partial charge in [0.15, 0.2) is 8.46 Å². The van der Waals surface area contributed by atoms with E-state index in [9.17, 15) is 4.57 Å². The minimum atomic E-state index is -0.0823. The number of aromatic nitrogens is 1. The molecule has 0 atom stereocenters. The molecule has 1 heterocycles. The molecule has 0 aliphatic heterocycles. The molecule has 1 aromatic heterocycles. The predicted octanol–water partition coefficient (Wildman–Crippen LogP) is 1.65. The van der Waals surface area contributed by atoms with E-state index < -0.39 is 0 Å². The monoisotopic (exact) mass is 159 g/mol. The molecule has 0 fully saturated rings. The zero-order valence-electron chi connectivity index (χ0n) is 4.41. The molecule has 4 heteroatoms. The third-order valence-corrected chi connectivity index (χ3v) is 1.83. The molecular weight excluding hydrogens is 156 g/mol. The van der Waals surface area contributed by atoms with Crippen molar-refractivity contribution in [2.45, 2.75) is 0 Å². The summed E-state index contributed by atoms with van der Waals surface area (Å²) in [4.78, 5) is 3.71. The predicted molar refractivity (Wildman–Crippen MR) is 36.5 cm³/mol. The molecule has 0 bridgehead atoms. The van der Waals surface area contributed by atoms with Gasteiger partial charge in [0.25, 0.3) is 0 Å². The summed E-state index contributed by atoms with van der Waals surface area (Å²) < 4.78 is 10.2. The van der Waals surface area contributed by atoms with E-state index in [1.807, 2.05) is 0 Å². The molecule has 0 saturated heterocycles. The minimum Gasteiger partial charge on any atom is -0.269 e. The maximum absolute atomic E-state index is 10.2. The topological polar surface area (TPSA) is 30.0 Å². The maximum atomic E-state index is 10.2. The van der Waals surface area contributed by atoms with Crippen molar-refractivity contribution in [3.8, 4) is 0 Å². The van der Waals surface area contributed by atoms with Gasteiger partial charge in [-0.15, -0.1) is 0 Å². The molecule has 0 spiro atoms. The van der Waals surface area contributed by atoms with E-state index >= 15 is 0 Å². The Morgan fingerprint density at radius 2 is 2.44 bits per heavy atom. The molecule has 1 aromatic rings. The number of halogens is 1. The smallest absolute Gasteiger partial charge is 0.195 e. The highest BCUT2D eigenvalue weighted by atomic mass is 35.5. The van der Waals surface area contributed by atoms with Crippen LogP contribution in [0.4, 0.5) is 0 Å². The molecule has 9 heavy (non-hydrogen) atoms. The molecule has 0 N–H and O–H groups in total. The van der Waals surface area contributed by atoms with Crippen LogP contribution in [0.1, 0.15) is 0 Å². The highest BCUT2D eigenvalue weighted by Crippen LogP contribution is 2.04. The number of pyridine rings is 1. The van der Waals surface area contributed by atoms with Crippen LogP contribution in [0, 0.1) is 0 Å². The van der Waals surface area contributed by atoms with Crippen molar-refractivity contribution in [3.63, 3.8) is 0 Å². The average Bonchev–Trinajstić information content (AvgIpc) is 1.89. The van der Waals surface area contributed by atoms with Crippen LogP contribution >= 0.6 is 20.1 Å². The van der Waals surface area contributed by atoms with Crippen molar-refractivity contribution >= 4 is 25.4 Å². The Bertz CT molecular complexity index is 228. The van der Waals surface area contributed by atoms with Crippen LogP contribution in [0.15, 0.2) is 18.3 Å². The van der Waals surface area contributed by atoms with Crippen molar-refractivity contribution in [1.29, 1.82) is 0 Å². The molecular formula is C5H3ClNOP. The molecule has 0 aliphatic rings. The van der Waals surface area contributed by atoms with E-state index in [1.165, 1.54) is 0 Å². The Labute approximate surface area is 59.1 Å². The summed E-state index contributed by atoms with van der Waals surface area (Å²) in [7, 11) is -0.0823. The van der Waals surface area contributed by atoms with Crippen molar-refractivity contribution in [1.82, 2.24) is 4.98 Å². The second-order valence-corrected chi connectivity index (χ2v) is 2.43. The average molecular weight is 160 g/mol. The summed E-state index contributed by atoms with van der Waals surface area (Å²) in [6.07, 6.45) is 1.55. The Kier molecular flexibility index (Phi) is 2.15. The van der Waals surface area contributed by atoms with E-state index in [0.29, 0.717) is 10.5 Å². The van der Waals surface area contributed by atoms with Gasteiger partial charge in [0.1, 0.15) is 5.15 Å². The largest absolute Gasteiger partial charge is 0.269 e. The van der Waals surface area contributed by atoms with Crippen molar-refractivity contribution < 1.29 is 4.57 Å². The SMILES string of the molecule is O=Pc1cccnc1Cl. The third kappa shape index (κ3) is 1.47. The van der Waals surface area contributed by atoms with Gasteiger partial charge in [-0.3, -0.25) is 4.57 Å². The second-order valence-electron chi connectivity index (χ2n) is 1.40. The maximum Gasteiger partial charge on any atom is 0.195 e. The van der Waals surface area contributed by atoms with Crippen LogP contribution < -0.4 is 5.30 Å². The van der Waals surface area contributed by atoms with Gasteiger partial charge in [-0.05, 0) is 12.1 Å². The summed E-state index contributed by atoms with van der Waals surface area (Å²) in [6.45, 7) is 0. The molecule has 0 aliphatic carbocycles. The number of hydrogen-bond donors (Lipinski definition) is 0. The molecule has 46 valence electrons. The second kappa shape index (κ2) is 2.90. The van der Waals surface area contributed by atoms with Crippen molar-refractivity contribution in [3.05, 3.63) is 23.5 Å². The van der Waals surface area contributed by atoms with Crippen molar-refractivity contribution in [2.75, 3.05) is 0 Å². The first-order valence-electron chi connectivity index (χ1n) is 2.28. The third-order valence-electron chi connectivity index (χ3n) is 0.838. The lowest BCUT2D eigenvalue weighted by Crippen LogP contribution is -1.93. The van der Waals surface area contributed by atoms with Gasteiger partial charge in [0, 0.05) is 6.20 Å². The van der Waals surface area contributed by atoms with Crippen LogP contribution in [0.2, 0.25) is 5.15 Å². The normalized spacial score (nSPS) is 9.89. The number of nitrogens with zero attached hydrogens (tertiary/aromatic N) is 1. The molecule has 2 nitrogen and oxygen atoms in total. The highest BCUT2D eigenvalue weighted by Gasteiger charge is 1.95. The lowest BCUT2D eigenvalue weighted by molar-refractivity contribution is 0.603. The zero-order valence-corrected chi connectivity index (χ0v) is 6.06. The van der Waals surface area contributed by atoms with Crippen LogP contribution in [-0.4, -0.2) is 4.98 Å². The molecule has 0 saturated carbocycles. The van der Waals surface area contributed by atoms with Crippen LogP contribution in [0.5, 0.6) is 0 Å². The fraction of sp³-hybridized carbons (Fsp3) is 0. The van der Waals surface area contributed by atoms with E-state index in [0.717, 1.165) is 0 Å². The summed E-state index contributed by atoms with van der Waals surface area (Å²) in [5, 5.41) is 0.827. The first-order chi connectivity index (χ1) is 4.34. The summed E-state index contributed by atoms with van der Waals surface area (Å²) in [5.74, 6) is 0. The quantitative estimate of drug-likeness (QED) is 0.461. The number of hydrogen-bond acceptors (Lipinski definition) is 2. The van der Waals surface area contributed by atoms with E-state index in [-0.39, 0.29) is 8.46 Å². The fourth-order valence-electron chi connectivity index (χ4n) is 0.446. The van der Waals surface area contributed by atoms with Gasteiger partial charge in [-0.1, -0.05) is 11.6 Å². The Morgan fingerprint density at radius 3 is 2.89 bits per heavy atom. The molecule has 0 amide bonds. The standard InChI is InChI=1S/C5H3ClNOP/c6-5-4(9-8)2-1-3-7-5/h1-3H. The summed E-state index contributed by atoms with van der Waals surface area (Å²) in [5.41, 5.74) is 0. The van der Waals surface area contributed by atoms with E-state index in [4.69, 9.17) is 11.6 Å². The summed E-state index contributed by atoms with van der Waals surface area (Å²) in [6, 6.07) is 3.34. The zero-order chi connectivity index (χ0) is 6.69. The van der Waals surface area contributed by atoms with Gasteiger partial charge in [0.05, 0.1) is 5.30 Å². The first-order valence-corrected chi connectivity index (χ1v) is 3.47. The molecule has 0 unspecified atom stereocenters. The number of rotatable bonds is 1. The van der Waals surface area contributed by atoms with E-state index in [1.54, 1.807) is 18.3 Å². The van der Waals surface area contributed by atoms with Gasteiger partial charge in [0.2, 0.25) is 0 Å². The summed E-state index contributed by atoms with van der Waals surface area (Å²) >= 11 is 5.51. The Balaban J connectivity index is 3.15. The van der Waals surface area contributed by atoms with Gasteiger partial charge < -0.3 is 0 Å². The minimum absolute atomic E-state index is 0.0823. The van der Waals surface area contributed by atoms with Crippen LogP contribution in [0.25, 0.3) is 0 Å². The highest BCUT2D eigenvalue weighted by molar-refractivity contribution is 7.34. The molecule has 0 radical (unpaired) electrons. The van der Waals surface area contributed by atoms with Gasteiger partial charge in [-0.25, -0.2) is 4.98 Å². The molecule has 1 rings (SSSR count). The lowest BCUT2D eigenvalue weighted by atomic mass is 10.5. The van der Waals surface area contributed by atoms with E-state index in [2.05, 4.69) is 4.98 Å². The Morgan fingerprint density at radius 1 is 1.67 bits per heavy atom.